The first-order valence-electron chi connectivity index (χ1n) is 25.8. The van der Waals surface area contributed by atoms with E-state index >= 15 is 0 Å². The molecule has 0 aliphatic carbocycles. The second kappa shape index (κ2) is 23.8. The lowest BCUT2D eigenvalue weighted by atomic mass is 9.73. The monoisotopic (exact) mass is 1180 g/mol. The second-order valence-corrected chi connectivity index (χ2v) is 31.3. The molecule has 6 aromatic rings. The molecule has 0 atom stereocenters. The van der Waals surface area contributed by atoms with Gasteiger partial charge in [-0.1, -0.05) is 36.4 Å². The summed E-state index contributed by atoms with van der Waals surface area (Å²) in [6.45, 7) is 14.7. The van der Waals surface area contributed by atoms with Crippen molar-refractivity contribution in [2.24, 2.45) is 9.49 Å². The fourth-order valence-corrected chi connectivity index (χ4v) is 18.3. The van der Waals surface area contributed by atoms with Gasteiger partial charge in [0.25, 0.3) is 0 Å². The molecular weight excluding hydrogens is 1110 g/mol. The van der Waals surface area contributed by atoms with Gasteiger partial charge in [0.1, 0.15) is 28.7 Å². The number of aryl methyl sites for hydroxylation is 1. The second-order valence-electron chi connectivity index (χ2n) is 22.4. The number of benzene rings is 6. The molecule has 0 bridgehead atoms. The van der Waals surface area contributed by atoms with Crippen molar-refractivity contribution in [1.29, 1.82) is 0 Å². The van der Waals surface area contributed by atoms with E-state index in [2.05, 4.69) is 137 Å². The Morgan fingerprint density at radius 1 is 0.432 bits per heavy atom. The third kappa shape index (κ3) is 13.0. The predicted octanol–water partition coefficient (Wildman–Crippen LogP) is 16.1. The third-order valence-corrected chi connectivity index (χ3v) is 23.2. The normalized spacial score (nSPS) is 13.2. The smallest absolute Gasteiger partial charge is 0.411 e. The third-order valence-electron chi connectivity index (χ3n) is 13.3. The number of methoxy groups -OCH3 is 1. The fraction of sp³-hybridized carbons (Fsp3) is 0.390. The van der Waals surface area contributed by atoms with Gasteiger partial charge in [-0.25, -0.2) is 27.1 Å². The average Bonchev–Trinajstić information content (AvgIpc) is 3.40. The summed E-state index contributed by atoms with van der Waals surface area (Å²) in [6, 6.07) is 30.6. The Kier molecular flexibility index (Phi) is 18.9. The van der Waals surface area contributed by atoms with Crippen LogP contribution >= 0.6 is 15.0 Å². The van der Waals surface area contributed by atoms with Crippen LogP contribution in [0.2, 0.25) is 0 Å². The highest BCUT2D eigenvalue weighted by Gasteiger charge is 2.72. The van der Waals surface area contributed by atoms with Gasteiger partial charge in [-0.05, 0) is 213 Å². The molecule has 13 nitrogen and oxygen atoms in total. The van der Waals surface area contributed by atoms with Gasteiger partial charge in [0, 0.05) is 31.3 Å². The first-order valence-corrected chi connectivity index (χ1v) is 30.5. The molecule has 0 aliphatic rings. The molecule has 22 heteroatoms. The summed E-state index contributed by atoms with van der Waals surface area (Å²) in [7, 11) is 12.5. The molecular formula is C59H76F6N8O5P2S. The van der Waals surface area contributed by atoms with E-state index in [1.54, 1.807) is 12.1 Å². The molecule has 0 radical (unpaired) electrons. The van der Waals surface area contributed by atoms with Crippen molar-refractivity contribution in [2.75, 3.05) is 86.9 Å². The highest BCUT2D eigenvalue weighted by molar-refractivity contribution is 7.91. The number of halogens is 6. The van der Waals surface area contributed by atoms with E-state index in [1.165, 1.54) is 43.5 Å². The molecule has 81 heavy (non-hydrogen) atoms. The van der Waals surface area contributed by atoms with Crippen LogP contribution in [0, 0.1) is 6.92 Å². The maximum atomic E-state index is 14.7. The van der Waals surface area contributed by atoms with E-state index in [4.69, 9.17) is 23.7 Å². The number of nitrogens with zero attached hydrogens (tertiary/aromatic N) is 8. The number of rotatable bonds is 18. The zero-order valence-corrected chi connectivity index (χ0v) is 52.0. The molecule has 0 spiro atoms. The van der Waals surface area contributed by atoms with Crippen molar-refractivity contribution >= 4 is 36.2 Å². The van der Waals surface area contributed by atoms with E-state index in [0.29, 0.717) is 23.6 Å². The van der Waals surface area contributed by atoms with Gasteiger partial charge in [-0.15, -0.1) is 0 Å². The lowest BCUT2D eigenvalue weighted by molar-refractivity contribution is -0.288. The largest absolute Gasteiger partial charge is 0.497 e. The van der Waals surface area contributed by atoms with E-state index in [1.807, 2.05) is 46.4 Å². The van der Waals surface area contributed by atoms with Gasteiger partial charge in [0.05, 0.1) is 39.4 Å². The van der Waals surface area contributed by atoms with Crippen molar-refractivity contribution in [2.45, 2.75) is 87.1 Å². The summed E-state index contributed by atoms with van der Waals surface area (Å²) in [5, 5.41) is 0. The van der Waals surface area contributed by atoms with Gasteiger partial charge in [-0.3, -0.25) is 9.49 Å². The van der Waals surface area contributed by atoms with Crippen LogP contribution in [0.25, 0.3) is 11.1 Å². The zero-order chi connectivity index (χ0) is 60.6. The van der Waals surface area contributed by atoms with Crippen LogP contribution in [0.4, 0.5) is 37.7 Å². The summed E-state index contributed by atoms with van der Waals surface area (Å²) in [6.07, 6.45) is -11.6. The maximum Gasteiger partial charge on any atom is 0.411 e. The highest BCUT2D eigenvalue weighted by atomic mass is 32.2. The van der Waals surface area contributed by atoms with Crippen LogP contribution in [0.15, 0.2) is 153 Å². The number of ether oxygens (including phenoxy) is 3. The molecule has 0 saturated heterocycles. The van der Waals surface area contributed by atoms with Crippen molar-refractivity contribution in [3.05, 3.63) is 150 Å². The minimum Gasteiger partial charge on any atom is -0.497 e. The van der Waals surface area contributed by atoms with Crippen molar-refractivity contribution in [3.63, 3.8) is 0 Å². The highest BCUT2D eigenvalue weighted by Crippen LogP contribution is 2.63. The minimum absolute atomic E-state index is 0.0385. The van der Waals surface area contributed by atoms with E-state index in [-0.39, 0.29) is 32.6 Å². The number of anilines is 2. The summed E-state index contributed by atoms with van der Waals surface area (Å²) in [5.74, 6) is 0.924. The number of sulfone groups is 1. The Balaban J connectivity index is 1.35. The molecule has 0 heterocycles. The lowest BCUT2D eigenvalue weighted by Gasteiger charge is -2.47. The summed E-state index contributed by atoms with van der Waals surface area (Å²) < 4.78 is 158. The quantitative estimate of drug-likeness (QED) is 0.0607. The van der Waals surface area contributed by atoms with Gasteiger partial charge in [0.15, 0.2) is 15.0 Å². The van der Waals surface area contributed by atoms with Crippen LogP contribution in [0.1, 0.15) is 58.2 Å². The Morgan fingerprint density at radius 3 is 1.07 bits per heavy atom. The molecule has 0 aliphatic heterocycles. The van der Waals surface area contributed by atoms with Gasteiger partial charge >= 0.3 is 12.4 Å². The Labute approximate surface area is 475 Å². The standard InChI is InChI=1S/C59H76F6N8O5P2S/c1-41-19-37-51(53(39-41)72(16)79(68(8)9,69(10)11)66-55(2,3)4)52-38-32-48(40-54(52)73(17)80(70(12)13,71(14)15)67-56(5,6)7)78-47-30-35-50(36-31-47)81(74,75)49-33-28-46(29-34-49)77-45-26-22-43(23-27-45)57(58(60,61)62,59(63,64)65)42-20-24-44(76-18)25-21-42/h19-40H,1-18H3. The lowest BCUT2D eigenvalue weighted by Crippen LogP contribution is -2.54. The first kappa shape index (κ1) is 64.3. The van der Waals surface area contributed by atoms with Gasteiger partial charge in [0.2, 0.25) is 15.3 Å². The molecule has 0 saturated carbocycles. The fourth-order valence-electron chi connectivity index (χ4n) is 9.96. The molecule has 0 amide bonds. The Hall–Kier alpha value is -5.85. The molecule has 0 fully saturated rings. The molecule has 0 N–H and O–H groups in total. The van der Waals surface area contributed by atoms with E-state index in [9.17, 15) is 34.8 Å². The van der Waals surface area contributed by atoms with Crippen LogP contribution < -0.4 is 23.6 Å². The molecule has 6 rings (SSSR count). The van der Waals surface area contributed by atoms with Crippen molar-refractivity contribution < 1.29 is 49.0 Å². The SMILES string of the molecule is COc1ccc(C(c2ccc(Oc3ccc(S(=O)(=O)c4ccc(Oc5ccc(-c6ccc(C)cc6N(C)P(=NC(C)(C)C)(N(C)C)N(C)C)c(N(C)P(=NC(C)(C)C)(N(C)C)N(C)C)c5)cc4)cc3)cc2)(C(F)(F)F)C(F)(F)F)cc1. The number of hydrogen-bond acceptors (Lipinski definition) is 7. The molecule has 0 aromatic heterocycles. The van der Waals surface area contributed by atoms with Gasteiger partial charge in [-0.2, -0.15) is 26.3 Å². The van der Waals surface area contributed by atoms with Crippen LogP contribution in [0.3, 0.4) is 0 Å². The topological polar surface area (TPSA) is 106 Å². The maximum absolute atomic E-state index is 14.7. The van der Waals surface area contributed by atoms with E-state index < -0.39 is 59.3 Å². The Morgan fingerprint density at radius 2 is 0.741 bits per heavy atom. The van der Waals surface area contributed by atoms with Crippen LogP contribution in [-0.4, -0.2) is 128 Å². The summed E-state index contributed by atoms with van der Waals surface area (Å²) in [4.78, 5) is -0.136. The number of hydrogen-bond donors (Lipinski definition) is 0. The molecule has 440 valence electrons. The summed E-state index contributed by atoms with van der Waals surface area (Å²) >= 11 is 0. The van der Waals surface area contributed by atoms with Crippen molar-refractivity contribution in [3.8, 4) is 39.9 Å². The molecule has 6 aromatic carbocycles. The Bertz CT molecular complexity index is 3360. The molecule has 0 unspecified atom stereocenters. The van der Waals surface area contributed by atoms with Crippen LogP contribution in [-0.2, 0) is 15.3 Å². The van der Waals surface area contributed by atoms with Gasteiger partial charge < -0.3 is 23.6 Å². The van der Waals surface area contributed by atoms with Crippen molar-refractivity contribution in [1.82, 2.24) is 18.7 Å². The summed E-state index contributed by atoms with van der Waals surface area (Å²) in [5.41, 5.74) is -2.52. The zero-order valence-electron chi connectivity index (χ0n) is 49.4. The van der Waals surface area contributed by atoms with Crippen LogP contribution in [0.5, 0.6) is 28.7 Å². The predicted molar refractivity (Wildman–Crippen MR) is 317 cm³/mol. The first-order chi connectivity index (χ1) is 37.4. The minimum atomic E-state index is -5.79. The van der Waals surface area contributed by atoms with E-state index in [0.717, 1.165) is 64.5 Å². The number of alkyl halides is 6. The average molecular weight is 1190 g/mol.